The molecule has 0 aromatic rings. The maximum Gasteiger partial charge on any atom is 0.0855 e. The molecule has 0 atom stereocenters. The molecule has 0 bridgehead atoms. The summed E-state index contributed by atoms with van der Waals surface area (Å²) < 4.78 is 0. The molecular formula is C9H18N2. The Bertz CT molecular complexity index is 150. The molecule has 0 aliphatic carbocycles. The minimum absolute atomic E-state index is 0.314. The van der Waals surface area contributed by atoms with Gasteiger partial charge in [0.05, 0.1) is 12.9 Å². The molecule has 0 radical (unpaired) electrons. The predicted molar refractivity (Wildman–Crippen MR) is 49.1 cm³/mol. The van der Waals surface area contributed by atoms with Gasteiger partial charge in [-0.1, -0.05) is 13.3 Å². The topological polar surface area (TPSA) is 15.6 Å². The van der Waals surface area contributed by atoms with Crippen LogP contribution in [0.1, 0.15) is 33.6 Å². The van der Waals surface area contributed by atoms with Gasteiger partial charge in [-0.15, -0.1) is 0 Å². The van der Waals surface area contributed by atoms with Crippen molar-refractivity contribution in [1.82, 2.24) is 4.90 Å². The summed E-state index contributed by atoms with van der Waals surface area (Å²) in [4.78, 5) is 6.56. The molecule has 0 amide bonds. The maximum absolute atomic E-state index is 4.21. The summed E-state index contributed by atoms with van der Waals surface area (Å²) in [6, 6.07) is 0. The molecule has 0 saturated heterocycles. The Balaban J connectivity index is 2.48. The summed E-state index contributed by atoms with van der Waals surface area (Å²) in [6.45, 7) is 8.89. The molecule has 1 heterocycles. The summed E-state index contributed by atoms with van der Waals surface area (Å²) in [5.74, 6) is 0. The van der Waals surface area contributed by atoms with Crippen LogP contribution < -0.4 is 0 Å². The smallest absolute Gasteiger partial charge is 0.0855 e. The fraction of sp³-hybridized carbons (Fsp3) is 0.889. The lowest BCUT2D eigenvalue weighted by Gasteiger charge is -2.34. The van der Waals surface area contributed by atoms with E-state index in [0.717, 1.165) is 13.1 Å². The minimum Gasteiger partial charge on any atom is -0.356 e. The molecule has 1 aliphatic heterocycles. The monoisotopic (exact) mass is 154 g/mol. The van der Waals surface area contributed by atoms with Gasteiger partial charge in [0.15, 0.2) is 0 Å². The summed E-state index contributed by atoms with van der Waals surface area (Å²) in [7, 11) is 0. The van der Waals surface area contributed by atoms with Crippen molar-refractivity contribution in [2.24, 2.45) is 4.99 Å². The first-order valence-corrected chi connectivity index (χ1v) is 4.43. The average Bonchev–Trinajstić information content (AvgIpc) is 2.37. The van der Waals surface area contributed by atoms with Gasteiger partial charge < -0.3 is 4.90 Å². The van der Waals surface area contributed by atoms with E-state index in [-0.39, 0.29) is 0 Å². The van der Waals surface area contributed by atoms with Gasteiger partial charge in [-0.25, -0.2) is 0 Å². The zero-order valence-corrected chi connectivity index (χ0v) is 7.80. The van der Waals surface area contributed by atoms with E-state index in [1.54, 1.807) is 0 Å². The maximum atomic E-state index is 4.21. The van der Waals surface area contributed by atoms with E-state index in [1.165, 1.54) is 12.8 Å². The molecule has 0 fully saturated rings. The first-order valence-electron chi connectivity index (χ1n) is 4.43. The van der Waals surface area contributed by atoms with Crippen molar-refractivity contribution in [2.45, 2.75) is 39.2 Å². The molecule has 0 saturated carbocycles. The van der Waals surface area contributed by atoms with E-state index < -0.39 is 0 Å². The Hall–Kier alpha value is -0.530. The third-order valence-electron chi connectivity index (χ3n) is 2.33. The highest BCUT2D eigenvalue weighted by Gasteiger charge is 2.24. The molecule has 0 N–H and O–H groups in total. The van der Waals surface area contributed by atoms with Crippen LogP contribution in [0.5, 0.6) is 0 Å². The summed E-state index contributed by atoms with van der Waals surface area (Å²) in [5, 5.41) is 0. The standard InChI is InChI=1S/C9H18N2/c1-4-5-9(2,3)11-7-6-10-8-11/h8H,4-7H2,1-3H3. The van der Waals surface area contributed by atoms with E-state index in [9.17, 15) is 0 Å². The van der Waals surface area contributed by atoms with Gasteiger partial charge in [0.25, 0.3) is 0 Å². The second kappa shape index (κ2) is 3.24. The third kappa shape index (κ3) is 1.95. The first kappa shape index (κ1) is 8.57. The second-order valence-electron chi connectivity index (χ2n) is 3.78. The van der Waals surface area contributed by atoms with E-state index in [4.69, 9.17) is 0 Å². The van der Waals surface area contributed by atoms with Gasteiger partial charge in [-0.05, 0) is 20.3 Å². The van der Waals surface area contributed by atoms with Crippen LogP contribution in [0, 0.1) is 0 Å². The Morgan fingerprint density at radius 2 is 2.27 bits per heavy atom. The molecule has 0 aromatic heterocycles. The van der Waals surface area contributed by atoms with Gasteiger partial charge in [0, 0.05) is 12.1 Å². The zero-order valence-electron chi connectivity index (χ0n) is 7.80. The lowest BCUT2D eigenvalue weighted by Crippen LogP contribution is -2.41. The Morgan fingerprint density at radius 1 is 1.55 bits per heavy atom. The summed E-state index contributed by atoms with van der Waals surface area (Å²) >= 11 is 0. The molecule has 2 heteroatoms. The van der Waals surface area contributed by atoms with Crippen molar-refractivity contribution >= 4 is 6.34 Å². The lowest BCUT2D eigenvalue weighted by molar-refractivity contribution is 0.221. The number of rotatable bonds is 3. The largest absolute Gasteiger partial charge is 0.356 e. The highest BCUT2D eigenvalue weighted by atomic mass is 15.2. The van der Waals surface area contributed by atoms with Crippen LogP contribution in [0.15, 0.2) is 4.99 Å². The molecule has 1 aliphatic rings. The Labute approximate surface area is 69.3 Å². The van der Waals surface area contributed by atoms with Crippen molar-refractivity contribution < 1.29 is 0 Å². The molecule has 64 valence electrons. The number of hydrogen-bond acceptors (Lipinski definition) is 2. The quantitative estimate of drug-likeness (QED) is 0.606. The Morgan fingerprint density at radius 3 is 2.73 bits per heavy atom. The fourth-order valence-corrected chi connectivity index (χ4v) is 1.59. The third-order valence-corrected chi connectivity index (χ3v) is 2.33. The molecule has 0 unspecified atom stereocenters. The number of hydrogen-bond donors (Lipinski definition) is 0. The van der Waals surface area contributed by atoms with Crippen molar-refractivity contribution in [1.29, 1.82) is 0 Å². The first-order chi connectivity index (χ1) is 5.17. The van der Waals surface area contributed by atoms with Crippen LogP contribution >= 0.6 is 0 Å². The average molecular weight is 154 g/mol. The zero-order chi connectivity index (χ0) is 8.32. The van der Waals surface area contributed by atoms with Gasteiger partial charge in [-0.2, -0.15) is 0 Å². The van der Waals surface area contributed by atoms with Crippen LogP contribution in [0.2, 0.25) is 0 Å². The van der Waals surface area contributed by atoms with Crippen LogP contribution in [-0.4, -0.2) is 29.9 Å². The van der Waals surface area contributed by atoms with E-state index in [2.05, 4.69) is 30.7 Å². The molecule has 2 nitrogen and oxygen atoms in total. The van der Waals surface area contributed by atoms with Gasteiger partial charge in [0.2, 0.25) is 0 Å². The summed E-state index contributed by atoms with van der Waals surface area (Å²) in [6.07, 6.45) is 4.49. The van der Waals surface area contributed by atoms with Gasteiger partial charge in [0.1, 0.15) is 0 Å². The van der Waals surface area contributed by atoms with E-state index >= 15 is 0 Å². The number of nitrogens with zero attached hydrogens (tertiary/aromatic N) is 2. The SMILES string of the molecule is CCCC(C)(C)N1C=NCC1. The fourth-order valence-electron chi connectivity index (χ4n) is 1.59. The van der Waals surface area contributed by atoms with E-state index in [1.807, 2.05) is 6.34 Å². The second-order valence-corrected chi connectivity index (χ2v) is 3.78. The van der Waals surface area contributed by atoms with Gasteiger partial charge >= 0.3 is 0 Å². The van der Waals surface area contributed by atoms with E-state index in [0.29, 0.717) is 5.54 Å². The Kier molecular flexibility index (Phi) is 2.53. The molecule has 0 aromatic carbocycles. The lowest BCUT2D eigenvalue weighted by atomic mass is 9.97. The minimum atomic E-state index is 0.314. The number of aliphatic imine (C=N–C) groups is 1. The molecule has 1 rings (SSSR count). The molecular weight excluding hydrogens is 136 g/mol. The van der Waals surface area contributed by atoms with Crippen LogP contribution in [0.25, 0.3) is 0 Å². The normalized spacial score (nSPS) is 17.9. The van der Waals surface area contributed by atoms with Gasteiger partial charge in [-0.3, -0.25) is 4.99 Å². The van der Waals surface area contributed by atoms with Crippen molar-refractivity contribution in [2.75, 3.05) is 13.1 Å². The van der Waals surface area contributed by atoms with Crippen molar-refractivity contribution in [3.63, 3.8) is 0 Å². The van der Waals surface area contributed by atoms with Crippen LogP contribution in [0.4, 0.5) is 0 Å². The highest BCUT2D eigenvalue weighted by molar-refractivity contribution is 5.58. The van der Waals surface area contributed by atoms with Crippen molar-refractivity contribution in [3.05, 3.63) is 0 Å². The van der Waals surface area contributed by atoms with Crippen LogP contribution in [-0.2, 0) is 0 Å². The predicted octanol–water partition coefficient (Wildman–Crippen LogP) is 1.91. The highest BCUT2D eigenvalue weighted by Crippen LogP contribution is 2.20. The summed E-state index contributed by atoms with van der Waals surface area (Å²) in [5.41, 5.74) is 0.314. The molecule has 0 spiro atoms. The van der Waals surface area contributed by atoms with Crippen LogP contribution in [0.3, 0.4) is 0 Å². The molecule has 11 heavy (non-hydrogen) atoms. The van der Waals surface area contributed by atoms with Crippen molar-refractivity contribution in [3.8, 4) is 0 Å².